The fourth-order valence-corrected chi connectivity index (χ4v) is 2.47. The van der Waals surface area contributed by atoms with Crippen molar-refractivity contribution in [2.24, 2.45) is 0 Å². The molecule has 0 aliphatic carbocycles. The molecule has 0 atom stereocenters. The summed E-state index contributed by atoms with van der Waals surface area (Å²) in [6.45, 7) is -0.740. The molecule has 2 N–H and O–H groups in total. The average molecular weight is 347 g/mol. The van der Waals surface area contributed by atoms with Gasteiger partial charge in [0.2, 0.25) is 5.91 Å². The molecular weight excluding hydrogens is 331 g/mol. The molecule has 2 rings (SSSR count). The van der Waals surface area contributed by atoms with Crippen molar-refractivity contribution in [3.63, 3.8) is 0 Å². The van der Waals surface area contributed by atoms with Crippen LogP contribution in [0.25, 0.3) is 0 Å². The summed E-state index contributed by atoms with van der Waals surface area (Å²) in [5.41, 5.74) is -2.81. The van der Waals surface area contributed by atoms with Crippen molar-refractivity contribution in [3.05, 3.63) is 34.4 Å². The summed E-state index contributed by atoms with van der Waals surface area (Å²) in [5, 5.41) is 23.1. The number of benzene rings is 1. The maximum atomic E-state index is 12.7. The molecule has 1 aromatic carbocycles. The molecule has 1 amide bonds. The van der Waals surface area contributed by atoms with Crippen molar-refractivity contribution in [3.8, 4) is 0 Å². The van der Waals surface area contributed by atoms with Crippen LogP contribution in [0.2, 0.25) is 0 Å². The molecule has 1 aliphatic rings. The van der Waals surface area contributed by atoms with Crippen LogP contribution in [0.15, 0.2) is 24.3 Å². The lowest BCUT2D eigenvalue weighted by molar-refractivity contribution is -0.383. The van der Waals surface area contributed by atoms with E-state index in [-0.39, 0.29) is 31.0 Å². The second-order valence-corrected chi connectivity index (χ2v) is 5.54. The molecule has 0 aromatic heterocycles. The molecule has 1 heterocycles. The van der Waals surface area contributed by atoms with Crippen molar-refractivity contribution in [1.82, 2.24) is 4.90 Å². The smallest absolute Gasteiger partial charge is 0.380 e. The lowest BCUT2D eigenvalue weighted by atomic mass is 9.91. The number of para-hydroxylation sites is 2. The van der Waals surface area contributed by atoms with E-state index >= 15 is 0 Å². The Hall–Kier alpha value is -2.36. The molecule has 0 spiro atoms. The summed E-state index contributed by atoms with van der Waals surface area (Å²) >= 11 is 0. The first-order chi connectivity index (χ1) is 11.1. The Bertz CT molecular complexity index is 628. The normalized spacial score (nSPS) is 17.4. The van der Waals surface area contributed by atoms with Crippen LogP contribution in [-0.4, -0.2) is 52.2 Å². The number of aliphatic hydroxyl groups is 1. The zero-order valence-electron chi connectivity index (χ0n) is 12.5. The highest BCUT2D eigenvalue weighted by molar-refractivity contribution is 5.82. The molecule has 10 heteroatoms. The number of carbonyl (C=O) groups excluding carboxylic acids is 1. The lowest BCUT2D eigenvalue weighted by Gasteiger charge is -2.39. The van der Waals surface area contributed by atoms with Crippen LogP contribution in [0.3, 0.4) is 0 Å². The van der Waals surface area contributed by atoms with Crippen molar-refractivity contribution in [2.75, 3.05) is 25.0 Å². The van der Waals surface area contributed by atoms with Gasteiger partial charge in [-0.05, 0) is 6.07 Å². The number of nitro benzene ring substituents is 1. The Kier molecular flexibility index (Phi) is 4.97. The maximum Gasteiger partial charge on any atom is 0.417 e. The molecule has 0 radical (unpaired) electrons. The number of nitro groups is 1. The highest BCUT2D eigenvalue weighted by atomic mass is 19.4. The number of halogens is 3. The van der Waals surface area contributed by atoms with Gasteiger partial charge in [0.15, 0.2) is 5.60 Å². The molecule has 0 saturated carbocycles. The summed E-state index contributed by atoms with van der Waals surface area (Å²) in [6, 6.07) is 5.75. The first-order valence-electron chi connectivity index (χ1n) is 7.18. The Balaban J connectivity index is 1.92. The van der Waals surface area contributed by atoms with E-state index in [9.17, 15) is 33.2 Å². The molecule has 0 bridgehead atoms. The van der Waals surface area contributed by atoms with Gasteiger partial charge < -0.3 is 15.3 Å². The molecule has 132 valence electrons. The second kappa shape index (κ2) is 6.63. The van der Waals surface area contributed by atoms with Gasteiger partial charge in [0, 0.05) is 32.0 Å². The summed E-state index contributed by atoms with van der Waals surface area (Å²) in [5.74, 6) is -0.489. The number of amides is 1. The van der Waals surface area contributed by atoms with Gasteiger partial charge in [-0.25, -0.2) is 0 Å². The van der Waals surface area contributed by atoms with Gasteiger partial charge in [0.1, 0.15) is 5.69 Å². The van der Waals surface area contributed by atoms with E-state index in [0.29, 0.717) is 0 Å². The fourth-order valence-electron chi connectivity index (χ4n) is 2.47. The van der Waals surface area contributed by atoms with Crippen molar-refractivity contribution < 1.29 is 28.0 Å². The molecule has 24 heavy (non-hydrogen) atoms. The molecule has 1 fully saturated rings. The van der Waals surface area contributed by atoms with E-state index in [2.05, 4.69) is 5.32 Å². The number of alkyl halides is 3. The highest BCUT2D eigenvalue weighted by Gasteiger charge is 2.54. The zero-order chi connectivity index (χ0) is 18.0. The van der Waals surface area contributed by atoms with Gasteiger partial charge in [-0.1, -0.05) is 12.1 Å². The van der Waals surface area contributed by atoms with Crippen LogP contribution in [-0.2, 0) is 4.79 Å². The number of hydrogen-bond acceptors (Lipinski definition) is 5. The summed E-state index contributed by atoms with van der Waals surface area (Å²) in [7, 11) is 0. The van der Waals surface area contributed by atoms with Crippen molar-refractivity contribution >= 4 is 17.3 Å². The monoisotopic (exact) mass is 347 g/mol. The number of hydrogen-bond donors (Lipinski definition) is 2. The Morgan fingerprint density at radius 3 is 2.46 bits per heavy atom. The predicted octanol–water partition coefficient (Wildman–Crippen LogP) is 1.92. The number of rotatable bonds is 4. The number of anilines is 1. The summed E-state index contributed by atoms with van der Waals surface area (Å²) in [6.07, 6.45) is -5.91. The molecule has 0 unspecified atom stereocenters. The van der Waals surface area contributed by atoms with Crippen LogP contribution in [0, 0.1) is 10.1 Å². The number of carbonyl (C=O) groups is 1. The van der Waals surface area contributed by atoms with E-state index in [0.717, 1.165) is 0 Å². The van der Waals surface area contributed by atoms with Gasteiger partial charge in [0.25, 0.3) is 5.69 Å². The Morgan fingerprint density at radius 1 is 1.33 bits per heavy atom. The van der Waals surface area contributed by atoms with Crippen LogP contribution < -0.4 is 5.32 Å². The predicted molar refractivity (Wildman–Crippen MR) is 78.4 cm³/mol. The molecule has 7 nitrogen and oxygen atoms in total. The van der Waals surface area contributed by atoms with Crippen LogP contribution in [0.5, 0.6) is 0 Å². The third-order valence-electron chi connectivity index (χ3n) is 4.00. The minimum Gasteiger partial charge on any atom is -0.380 e. The average Bonchev–Trinajstić information content (AvgIpc) is 2.52. The van der Waals surface area contributed by atoms with Gasteiger partial charge in [-0.15, -0.1) is 0 Å². The molecule has 1 aliphatic heterocycles. The number of piperidine rings is 1. The quantitative estimate of drug-likeness (QED) is 0.641. The number of nitrogens with zero attached hydrogens (tertiary/aromatic N) is 2. The molecule has 1 saturated heterocycles. The van der Waals surface area contributed by atoms with Gasteiger partial charge in [-0.3, -0.25) is 14.9 Å². The minimum absolute atomic E-state index is 0.152. The third kappa shape index (κ3) is 3.75. The standard InChI is InChI=1S/C14H16F3N3O4/c15-14(16,17)13(22)5-7-19(8-6-13)12(21)9-18-10-3-1-2-4-11(10)20(23)24/h1-4,18,22H,5-9H2. The fraction of sp³-hybridized carbons (Fsp3) is 0.500. The number of nitrogens with one attached hydrogen (secondary N) is 1. The van der Waals surface area contributed by atoms with Crippen molar-refractivity contribution in [1.29, 1.82) is 0 Å². The first kappa shape index (κ1) is 18.0. The van der Waals surface area contributed by atoms with Gasteiger partial charge in [-0.2, -0.15) is 13.2 Å². The van der Waals surface area contributed by atoms with E-state index in [1.54, 1.807) is 6.07 Å². The summed E-state index contributed by atoms with van der Waals surface area (Å²) in [4.78, 5) is 23.5. The van der Waals surface area contributed by atoms with E-state index < -0.39 is 35.4 Å². The molecule has 1 aromatic rings. The largest absolute Gasteiger partial charge is 0.417 e. The van der Waals surface area contributed by atoms with Gasteiger partial charge in [0.05, 0.1) is 11.5 Å². The van der Waals surface area contributed by atoms with Crippen LogP contribution in [0.4, 0.5) is 24.5 Å². The second-order valence-electron chi connectivity index (χ2n) is 5.54. The highest BCUT2D eigenvalue weighted by Crippen LogP contribution is 2.38. The van der Waals surface area contributed by atoms with E-state index in [4.69, 9.17) is 0 Å². The van der Waals surface area contributed by atoms with Crippen molar-refractivity contribution in [2.45, 2.75) is 24.6 Å². The minimum atomic E-state index is -4.73. The Morgan fingerprint density at radius 2 is 1.92 bits per heavy atom. The third-order valence-corrected chi connectivity index (χ3v) is 4.00. The lowest BCUT2D eigenvalue weighted by Crippen LogP contribution is -2.55. The van der Waals surface area contributed by atoms with Crippen LogP contribution >= 0.6 is 0 Å². The van der Waals surface area contributed by atoms with E-state index in [1.807, 2.05) is 0 Å². The first-order valence-corrected chi connectivity index (χ1v) is 7.18. The SMILES string of the molecule is O=C(CNc1ccccc1[N+](=O)[O-])N1CCC(O)(C(F)(F)F)CC1. The maximum absolute atomic E-state index is 12.7. The van der Waals surface area contributed by atoms with Crippen LogP contribution in [0.1, 0.15) is 12.8 Å². The topological polar surface area (TPSA) is 95.7 Å². The number of likely N-dealkylation sites (tertiary alicyclic amines) is 1. The summed E-state index contributed by atoms with van der Waals surface area (Å²) < 4.78 is 38.1. The Labute approximate surface area is 135 Å². The van der Waals surface area contributed by atoms with E-state index in [1.165, 1.54) is 23.1 Å². The zero-order valence-corrected chi connectivity index (χ0v) is 12.5. The van der Waals surface area contributed by atoms with Gasteiger partial charge >= 0.3 is 6.18 Å². The molecular formula is C14H16F3N3O4.